The Hall–Kier alpha value is -3.47. The lowest BCUT2D eigenvalue weighted by molar-refractivity contribution is -0.391. The third-order valence-electron chi connectivity index (χ3n) is 5.58. The molecule has 1 aromatic carbocycles. The van der Waals surface area contributed by atoms with Crippen molar-refractivity contribution in [2.45, 2.75) is 19.5 Å². The van der Waals surface area contributed by atoms with Gasteiger partial charge < -0.3 is 19.8 Å². The van der Waals surface area contributed by atoms with Gasteiger partial charge in [0.1, 0.15) is 11.9 Å². The lowest BCUT2D eigenvalue weighted by Gasteiger charge is -2.36. The van der Waals surface area contributed by atoms with E-state index in [1.807, 2.05) is 24.4 Å². The SMILES string of the molecule is COc1ccccc1N1CCN(Cc2cn(CCc3ncc([N+](=O)[O-])n3C)nn2)CC1. The number of piperazine rings is 1. The van der Waals surface area contributed by atoms with Crippen LogP contribution in [-0.2, 0) is 26.6 Å². The summed E-state index contributed by atoms with van der Waals surface area (Å²) in [7, 11) is 3.35. The zero-order valence-corrected chi connectivity index (χ0v) is 17.7. The molecule has 164 valence electrons. The van der Waals surface area contributed by atoms with Crippen LogP contribution in [0.1, 0.15) is 11.5 Å². The van der Waals surface area contributed by atoms with E-state index in [0.717, 1.165) is 49.9 Å². The van der Waals surface area contributed by atoms with Crippen LogP contribution in [0.4, 0.5) is 11.5 Å². The van der Waals surface area contributed by atoms with Gasteiger partial charge in [0.2, 0.25) is 0 Å². The molecular weight excluding hydrogens is 400 g/mol. The van der Waals surface area contributed by atoms with Gasteiger partial charge in [-0.3, -0.25) is 9.58 Å². The molecule has 1 aliphatic rings. The molecule has 2 aromatic heterocycles. The van der Waals surface area contributed by atoms with E-state index >= 15 is 0 Å². The number of imidazole rings is 1. The van der Waals surface area contributed by atoms with Gasteiger partial charge in [-0.05, 0) is 17.1 Å². The lowest BCUT2D eigenvalue weighted by Crippen LogP contribution is -2.46. The van der Waals surface area contributed by atoms with E-state index in [2.05, 4.69) is 31.2 Å². The van der Waals surface area contributed by atoms with E-state index in [-0.39, 0.29) is 5.82 Å². The predicted molar refractivity (Wildman–Crippen MR) is 114 cm³/mol. The van der Waals surface area contributed by atoms with Crippen molar-refractivity contribution in [3.8, 4) is 5.75 Å². The van der Waals surface area contributed by atoms with Gasteiger partial charge in [0.05, 0.1) is 32.1 Å². The van der Waals surface area contributed by atoms with Crippen LogP contribution in [0, 0.1) is 10.1 Å². The number of hydrogen-bond donors (Lipinski definition) is 0. The Bertz CT molecular complexity index is 1040. The Morgan fingerprint density at radius 3 is 2.68 bits per heavy atom. The van der Waals surface area contributed by atoms with E-state index in [4.69, 9.17) is 4.74 Å². The number of methoxy groups -OCH3 is 1. The molecule has 0 radical (unpaired) electrons. The normalized spacial score (nSPS) is 14.7. The first-order chi connectivity index (χ1) is 15.0. The molecule has 4 rings (SSSR count). The van der Waals surface area contributed by atoms with E-state index in [9.17, 15) is 10.1 Å². The van der Waals surface area contributed by atoms with Gasteiger partial charge in [-0.2, -0.15) is 0 Å². The second kappa shape index (κ2) is 9.13. The number of nitro groups is 1. The van der Waals surface area contributed by atoms with Crippen molar-refractivity contribution in [2.24, 2.45) is 7.05 Å². The molecule has 11 heteroatoms. The fourth-order valence-corrected chi connectivity index (χ4v) is 3.84. The highest BCUT2D eigenvalue weighted by Crippen LogP contribution is 2.28. The molecule has 0 atom stereocenters. The molecule has 0 bridgehead atoms. The van der Waals surface area contributed by atoms with Crippen LogP contribution in [0.2, 0.25) is 0 Å². The molecule has 3 aromatic rings. The van der Waals surface area contributed by atoms with Gasteiger partial charge in [-0.25, -0.2) is 9.55 Å². The van der Waals surface area contributed by atoms with Crippen molar-refractivity contribution in [1.29, 1.82) is 0 Å². The molecule has 0 spiro atoms. The predicted octanol–water partition coefficient (Wildman–Crippen LogP) is 1.49. The number of aromatic nitrogens is 5. The number of aryl methyl sites for hydroxylation is 2. The van der Waals surface area contributed by atoms with Crippen LogP contribution in [0.5, 0.6) is 5.75 Å². The fourth-order valence-electron chi connectivity index (χ4n) is 3.84. The summed E-state index contributed by atoms with van der Waals surface area (Å²) in [5.74, 6) is 1.54. The third-order valence-corrected chi connectivity index (χ3v) is 5.58. The highest BCUT2D eigenvalue weighted by Gasteiger charge is 2.21. The van der Waals surface area contributed by atoms with Gasteiger partial charge in [-0.1, -0.05) is 17.3 Å². The number of para-hydroxylation sites is 2. The Morgan fingerprint density at radius 1 is 1.19 bits per heavy atom. The average Bonchev–Trinajstić information content (AvgIpc) is 3.39. The quantitative estimate of drug-likeness (QED) is 0.394. The van der Waals surface area contributed by atoms with Gasteiger partial charge in [-0.15, -0.1) is 5.10 Å². The van der Waals surface area contributed by atoms with Crippen LogP contribution in [0.15, 0.2) is 36.7 Å². The average molecular weight is 426 g/mol. The van der Waals surface area contributed by atoms with Crippen molar-refractivity contribution >= 4 is 11.5 Å². The summed E-state index contributed by atoms with van der Waals surface area (Å²) >= 11 is 0. The first-order valence-corrected chi connectivity index (χ1v) is 10.2. The van der Waals surface area contributed by atoms with Crippen LogP contribution in [-0.4, -0.2) is 67.7 Å². The number of ether oxygens (including phenoxy) is 1. The van der Waals surface area contributed by atoms with E-state index in [1.165, 1.54) is 10.8 Å². The van der Waals surface area contributed by atoms with E-state index in [0.29, 0.717) is 18.8 Å². The summed E-state index contributed by atoms with van der Waals surface area (Å²) in [6, 6.07) is 8.10. The summed E-state index contributed by atoms with van der Waals surface area (Å²) in [4.78, 5) is 19.3. The van der Waals surface area contributed by atoms with Gasteiger partial charge in [0.15, 0.2) is 5.82 Å². The number of hydrogen-bond acceptors (Lipinski definition) is 8. The van der Waals surface area contributed by atoms with Crippen molar-refractivity contribution in [3.63, 3.8) is 0 Å². The molecule has 0 aliphatic carbocycles. The second-order valence-corrected chi connectivity index (χ2v) is 7.51. The molecule has 31 heavy (non-hydrogen) atoms. The third kappa shape index (κ3) is 4.66. The molecule has 3 heterocycles. The summed E-state index contributed by atoms with van der Waals surface area (Å²) in [5, 5.41) is 19.4. The standard InChI is InChI=1S/C20H26N8O3/c1-24-19(21-13-20(24)28(29)30)7-8-27-15-16(22-23-27)14-25-9-11-26(12-10-25)17-5-3-4-6-18(17)31-2/h3-6,13,15H,7-12,14H2,1-2H3. The number of benzene rings is 1. The van der Waals surface area contributed by atoms with Crippen LogP contribution >= 0.6 is 0 Å². The van der Waals surface area contributed by atoms with Crippen molar-refractivity contribution in [2.75, 3.05) is 38.2 Å². The van der Waals surface area contributed by atoms with Crippen LogP contribution < -0.4 is 9.64 Å². The Kier molecular flexibility index (Phi) is 6.12. The minimum Gasteiger partial charge on any atom is -0.495 e. The molecular formula is C20H26N8O3. The Morgan fingerprint density at radius 2 is 1.97 bits per heavy atom. The smallest absolute Gasteiger partial charge is 0.342 e. The highest BCUT2D eigenvalue weighted by atomic mass is 16.6. The minimum absolute atomic E-state index is 0.0125. The Labute approximate surface area is 180 Å². The summed E-state index contributed by atoms with van der Waals surface area (Å²) in [6.45, 7) is 5.02. The monoisotopic (exact) mass is 426 g/mol. The van der Waals surface area contributed by atoms with Crippen molar-refractivity contribution < 1.29 is 9.66 Å². The van der Waals surface area contributed by atoms with E-state index in [1.54, 1.807) is 18.8 Å². The van der Waals surface area contributed by atoms with E-state index < -0.39 is 4.92 Å². The maximum absolute atomic E-state index is 10.9. The number of nitrogens with zero attached hydrogens (tertiary/aromatic N) is 8. The van der Waals surface area contributed by atoms with Crippen LogP contribution in [0.3, 0.4) is 0 Å². The Balaban J connectivity index is 1.28. The maximum Gasteiger partial charge on any atom is 0.342 e. The topological polar surface area (TPSA) is 107 Å². The fraction of sp³-hybridized carbons (Fsp3) is 0.450. The number of anilines is 1. The van der Waals surface area contributed by atoms with Gasteiger partial charge >= 0.3 is 5.82 Å². The molecule has 1 aliphatic heterocycles. The van der Waals surface area contributed by atoms with Crippen LogP contribution in [0.25, 0.3) is 0 Å². The lowest BCUT2D eigenvalue weighted by atomic mass is 10.2. The van der Waals surface area contributed by atoms with Crippen molar-refractivity contribution in [1.82, 2.24) is 29.4 Å². The first-order valence-electron chi connectivity index (χ1n) is 10.2. The molecule has 1 fully saturated rings. The summed E-state index contributed by atoms with van der Waals surface area (Å²) in [6.07, 6.45) is 3.77. The molecule has 1 saturated heterocycles. The first kappa shape index (κ1) is 20.8. The molecule has 0 saturated carbocycles. The molecule has 0 amide bonds. The molecule has 0 unspecified atom stereocenters. The largest absolute Gasteiger partial charge is 0.495 e. The molecule has 11 nitrogen and oxygen atoms in total. The highest BCUT2D eigenvalue weighted by molar-refractivity contribution is 5.58. The zero-order chi connectivity index (χ0) is 21.8. The maximum atomic E-state index is 10.9. The van der Waals surface area contributed by atoms with Gasteiger partial charge in [0.25, 0.3) is 0 Å². The number of rotatable bonds is 8. The van der Waals surface area contributed by atoms with Gasteiger partial charge in [0, 0.05) is 45.3 Å². The summed E-state index contributed by atoms with van der Waals surface area (Å²) in [5.41, 5.74) is 2.04. The molecule has 0 N–H and O–H groups in total. The summed E-state index contributed by atoms with van der Waals surface area (Å²) < 4.78 is 8.75. The van der Waals surface area contributed by atoms with Crippen molar-refractivity contribution in [3.05, 3.63) is 58.3 Å². The second-order valence-electron chi connectivity index (χ2n) is 7.51. The zero-order valence-electron chi connectivity index (χ0n) is 17.7. The minimum atomic E-state index is -0.433.